The van der Waals surface area contributed by atoms with E-state index in [1.54, 1.807) is 0 Å². The number of aliphatic carboxylic acids is 1. The van der Waals surface area contributed by atoms with Gasteiger partial charge in [0.15, 0.2) is 6.10 Å². The molecule has 0 spiro atoms. The lowest BCUT2D eigenvalue weighted by Crippen LogP contribution is -2.57. The van der Waals surface area contributed by atoms with Gasteiger partial charge in [0.1, 0.15) is 0 Å². The van der Waals surface area contributed by atoms with Crippen molar-refractivity contribution in [2.24, 2.45) is 5.11 Å². The molecule has 3 N–H and O–H groups in total. The lowest BCUT2D eigenvalue weighted by Gasteiger charge is -2.33. The van der Waals surface area contributed by atoms with Crippen molar-refractivity contribution >= 4 is 17.8 Å². The number of amides is 2. The van der Waals surface area contributed by atoms with E-state index in [2.05, 4.69) is 20.7 Å². The van der Waals surface area contributed by atoms with E-state index in [1.165, 1.54) is 14.0 Å². The van der Waals surface area contributed by atoms with E-state index in [-0.39, 0.29) is 0 Å². The van der Waals surface area contributed by atoms with Crippen molar-refractivity contribution in [3.63, 3.8) is 0 Å². The van der Waals surface area contributed by atoms with E-state index in [4.69, 9.17) is 15.4 Å². The second kappa shape index (κ2) is 6.43. The number of carbonyl (C=O) groups is 3. The summed E-state index contributed by atoms with van der Waals surface area (Å²) in [6, 6.07) is -2.04. The quantitative estimate of drug-likeness (QED) is 0.353. The van der Waals surface area contributed by atoms with Gasteiger partial charge in [-0.3, -0.25) is 9.59 Å². The molecule has 0 aromatic rings. The van der Waals surface area contributed by atoms with E-state index in [0.29, 0.717) is 0 Å². The van der Waals surface area contributed by atoms with Crippen LogP contribution in [0.2, 0.25) is 0 Å². The van der Waals surface area contributed by atoms with Gasteiger partial charge in [-0.15, -0.1) is 0 Å². The highest BCUT2D eigenvalue weighted by Crippen LogP contribution is 2.21. The molecule has 0 saturated heterocycles. The van der Waals surface area contributed by atoms with Crippen molar-refractivity contribution in [1.82, 2.24) is 10.6 Å². The van der Waals surface area contributed by atoms with E-state index >= 15 is 0 Å². The van der Waals surface area contributed by atoms with Crippen molar-refractivity contribution in [2.45, 2.75) is 25.1 Å². The zero-order valence-corrected chi connectivity index (χ0v) is 10.7. The third-order valence-electron chi connectivity index (χ3n) is 2.54. The van der Waals surface area contributed by atoms with Gasteiger partial charge < -0.3 is 20.5 Å². The Bertz CT molecular complexity index is 510. The predicted molar refractivity (Wildman–Crippen MR) is 65.2 cm³/mol. The zero-order valence-electron chi connectivity index (χ0n) is 10.7. The van der Waals surface area contributed by atoms with Gasteiger partial charge in [-0.05, 0) is 11.6 Å². The molecule has 10 heteroatoms. The first-order valence-corrected chi connectivity index (χ1v) is 5.55. The Morgan fingerprint density at radius 1 is 1.50 bits per heavy atom. The fourth-order valence-electron chi connectivity index (χ4n) is 1.73. The minimum Gasteiger partial charge on any atom is -0.475 e. The molecule has 2 amide bonds. The number of hydrogen-bond acceptors (Lipinski definition) is 5. The summed E-state index contributed by atoms with van der Waals surface area (Å²) in [5.41, 5.74) is 8.50. The first-order chi connectivity index (χ1) is 9.40. The van der Waals surface area contributed by atoms with E-state index in [9.17, 15) is 14.4 Å². The third-order valence-corrected chi connectivity index (χ3v) is 2.54. The number of hydrogen-bond donors (Lipinski definition) is 3. The maximum absolute atomic E-state index is 11.7. The topological polar surface area (TPSA) is 153 Å². The SMILES string of the molecule is CNC(=O)[C@@H]1OC(C(=O)O)=C[C@H](N=[N+]=[N-])[C@H]1NC(C)=O. The smallest absolute Gasteiger partial charge is 0.370 e. The highest BCUT2D eigenvalue weighted by Gasteiger charge is 2.40. The van der Waals surface area contributed by atoms with Crippen LogP contribution in [0.25, 0.3) is 10.4 Å². The van der Waals surface area contributed by atoms with Gasteiger partial charge in [-0.25, -0.2) is 4.79 Å². The van der Waals surface area contributed by atoms with Crippen molar-refractivity contribution in [3.05, 3.63) is 22.3 Å². The summed E-state index contributed by atoms with van der Waals surface area (Å²) in [5, 5.41) is 17.0. The number of likely N-dealkylation sites (N-methyl/N-ethyl adjacent to an activating group) is 1. The summed E-state index contributed by atoms with van der Waals surface area (Å²) in [6.45, 7) is 1.21. The number of nitrogens with one attached hydrogen (secondary N) is 2. The first-order valence-electron chi connectivity index (χ1n) is 5.55. The molecule has 0 unspecified atom stereocenters. The summed E-state index contributed by atoms with van der Waals surface area (Å²) < 4.78 is 5.04. The van der Waals surface area contributed by atoms with Crippen LogP contribution in [0.1, 0.15) is 6.92 Å². The molecule has 0 aliphatic carbocycles. The Morgan fingerprint density at radius 3 is 2.60 bits per heavy atom. The summed E-state index contributed by atoms with van der Waals surface area (Å²) in [7, 11) is 1.33. The molecule has 10 nitrogen and oxygen atoms in total. The van der Waals surface area contributed by atoms with Crippen molar-refractivity contribution in [3.8, 4) is 0 Å². The molecule has 20 heavy (non-hydrogen) atoms. The highest BCUT2D eigenvalue weighted by atomic mass is 16.5. The number of ether oxygens (including phenoxy) is 1. The fraction of sp³-hybridized carbons (Fsp3) is 0.500. The largest absolute Gasteiger partial charge is 0.475 e. The maximum Gasteiger partial charge on any atom is 0.370 e. The van der Waals surface area contributed by atoms with Gasteiger partial charge in [-0.2, -0.15) is 0 Å². The van der Waals surface area contributed by atoms with Gasteiger partial charge in [-0.1, -0.05) is 5.11 Å². The molecule has 3 atom stereocenters. The molecule has 0 aromatic carbocycles. The monoisotopic (exact) mass is 283 g/mol. The summed E-state index contributed by atoms with van der Waals surface area (Å²) in [5.74, 6) is -3.04. The molecule has 0 fully saturated rings. The van der Waals surface area contributed by atoms with Crippen LogP contribution in [0.3, 0.4) is 0 Å². The first kappa shape index (κ1) is 15.3. The molecule has 1 heterocycles. The lowest BCUT2D eigenvalue weighted by atomic mass is 9.98. The Hall–Kier alpha value is -2.74. The number of rotatable bonds is 4. The Morgan fingerprint density at radius 2 is 2.15 bits per heavy atom. The van der Waals surface area contributed by atoms with Crippen LogP contribution in [-0.4, -0.2) is 48.1 Å². The summed E-state index contributed by atoms with van der Waals surface area (Å²) >= 11 is 0. The van der Waals surface area contributed by atoms with Crippen molar-refractivity contribution in [1.29, 1.82) is 0 Å². The predicted octanol–water partition coefficient (Wildman–Crippen LogP) is -0.717. The van der Waals surface area contributed by atoms with Gasteiger partial charge in [0.25, 0.3) is 5.91 Å². The highest BCUT2D eigenvalue weighted by molar-refractivity contribution is 5.88. The van der Waals surface area contributed by atoms with Crippen molar-refractivity contribution in [2.75, 3.05) is 7.05 Å². The molecular formula is C10H13N5O5. The molecule has 1 aliphatic rings. The molecule has 0 aromatic heterocycles. The Balaban J connectivity index is 3.22. The molecular weight excluding hydrogens is 270 g/mol. The summed E-state index contributed by atoms with van der Waals surface area (Å²) in [4.78, 5) is 36.4. The van der Waals surface area contributed by atoms with Gasteiger partial charge in [0.2, 0.25) is 11.7 Å². The lowest BCUT2D eigenvalue weighted by molar-refractivity contribution is -0.143. The number of carboxylic acids is 1. The third kappa shape index (κ3) is 3.39. The zero-order chi connectivity index (χ0) is 15.3. The minimum atomic E-state index is -1.40. The second-order valence-corrected chi connectivity index (χ2v) is 3.91. The van der Waals surface area contributed by atoms with E-state index in [0.717, 1.165) is 6.08 Å². The van der Waals surface area contributed by atoms with Gasteiger partial charge in [0, 0.05) is 18.9 Å². The second-order valence-electron chi connectivity index (χ2n) is 3.91. The summed E-state index contributed by atoms with van der Waals surface area (Å²) in [6.07, 6.45) is -0.266. The normalized spacial score (nSPS) is 24.5. The Kier molecular flexibility index (Phi) is 4.93. The van der Waals surface area contributed by atoms with Crippen LogP contribution in [0, 0.1) is 0 Å². The Labute approximate surface area is 113 Å². The standard InChI is InChI=1S/C10H13N5O5/c1-4(16)13-7-5(14-15-11)3-6(10(18)19)20-8(7)9(17)12-2/h3,5,7-8H,1-2H3,(H,12,17)(H,13,16)(H,18,19)/t5-,7+,8+/m0/s1. The molecule has 1 aliphatic heterocycles. The average molecular weight is 283 g/mol. The molecule has 0 radical (unpaired) electrons. The van der Waals surface area contributed by atoms with Gasteiger partial charge in [0.05, 0.1) is 12.1 Å². The average Bonchev–Trinajstić information content (AvgIpc) is 2.39. The van der Waals surface area contributed by atoms with Gasteiger partial charge >= 0.3 is 5.97 Å². The van der Waals surface area contributed by atoms with Crippen LogP contribution in [-0.2, 0) is 19.1 Å². The molecule has 108 valence electrons. The van der Waals surface area contributed by atoms with Crippen LogP contribution < -0.4 is 10.6 Å². The fourth-order valence-corrected chi connectivity index (χ4v) is 1.73. The van der Waals surface area contributed by atoms with E-state index < -0.39 is 41.7 Å². The van der Waals surface area contributed by atoms with Crippen LogP contribution in [0.15, 0.2) is 16.9 Å². The van der Waals surface area contributed by atoms with Crippen LogP contribution in [0.4, 0.5) is 0 Å². The number of azide groups is 1. The minimum absolute atomic E-state index is 0.474. The number of nitrogens with zero attached hydrogens (tertiary/aromatic N) is 3. The van der Waals surface area contributed by atoms with Crippen LogP contribution >= 0.6 is 0 Å². The van der Waals surface area contributed by atoms with Crippen molar-refractivity contribution < 1.29 is 24.2 Å². The number of carbonyl (C=O) groups excluding carboxylic acids is 2. The molecule has 0 bridgehead atoms. The van der Waals surface area contributed by atoms with E-state index in [1.807, 2.05) is 0 Å². The maximum atomic E-state index is 11.7. The molecule has 1 rings (SSSR count). The van der Waals surface area contributed by atoms with Crippen LogP contribution in [0.5, 0.6) is 0 Å². The number of carboxylic acid groups (broad SMARTS) is 1. The molecule has 0 saturated carbocycles.